The van der Waals surface area contributed by atoms with Crippen LogP contribution in [0.1, 0.15) is 19.4 Å². The number of thioether (sulfide) groups is 1. The molecule has 1 N–H and O–H groups in total. The maximum atomic E-state index is 13.0. The molecular formula is C19H19ClN2O2S. The molecule has 1 aliphatic rings. The Kier molecular flexibility index (Phi) is 5.06. The highest BCUT2D eigenvalue weighted by atomic mass is 35.5. The molecule has 1 atom stereocenters. The Hall–Kier alpha value is -1.98. The molecule has 0 fully saturated rings. The van der Waals surface area contributed by atoms with Gasteiger partial charge in [-0.05, 0) is 43.7 Å². The van der Waals surface area contributed by atoms with Gasteiger partial charge in [0.15, 0.2) is 4.75 Å². The lowest BCUT2D eigenvalue weighted by Gasteiger charge is -2.38. The second-order valence-corrected chi connectivity index (χ2v) is 7.86. The largest absolute Gasteiger partial charge is 0.350 e. The second-order valence-electron chi connectivity index (χ2n) is 5.96. The number of para-hydroxylation sites is 1. The van der Waals surface area contributed by atoms with Gasteiger partial charge in [0.2, 0.25) is 5.91 Å². The summed E-state index contributed by atoms with van der Waals surface area (Å²) in [6, 6.07) is 14.9. The van der Waals surface area contributed by atoms with E-state index in [2.05, 4.69) is 5.32 Å². The SMILES string of the molecule is CCN1C(=O)C(C)(C(=O)NCc2ccc(Cl)cc2)Sc2ccccc21. The lowest BCUT2D eigenvalue weighted by molar-refractivity contribution is -0.131. The molecule has 2 aromatic carbocycles. The van der Waals surface area contributed by atoms with Crippen LogP contribution in [0.5, 0.6) is 0 Å². The van der Waals surface area contributed by atoms with Gasteiger partial charge in [0.25, 0.3) is 5.91 Å². The minimum Gasteiger partial charge on any atom is -0.350 e. The first-order valence-corrected chi connectivity index (χ1v) is 9.28. The molecule has 0 radical (unpaired) electrons. The summed E-state index contributed by atoms with van der Waals surface area (Å²) in [6.07, 6.45) is 0. The molecule has 25 heavy (non-hydrogen) atoms. The van der Waals surface area contributed by atoms with Crippen molar-refractivity contribution in [2.75, 3.05) is 11.4 Å². The zero-order chi connectivity index (χ0) is 18.0. The van der Waals surface area contributed by atoms with Gasteiger partial charge in [-0.25, -0.2) is 0 Å². The third kappa shape index (κ3) is 3.39. The van der Waals surface area contributed by atoms with Crippen LogP contribution in [0.15, 0.2) is 53.4 Å². The van der Waals surface area contributed by atoms with E-state index in [1.807, 2.05) is 43.3 Å². The highest BCUT2D eigenvalue weighted by Gasteiger charge is 2.48. The van der Waals surface area contributed by atoms with Crippen LogP contribution in [0.25, 0.3) is 0 Å². The fourth-order valence-corrected chi connectivity index (χ4v) is 4.17. The van der Waals surface area contributed by atoms with E-state index in [0.717, 1.165) is 16.1 Å². The van der Waals surface area contributed by atoms with Crippen molar-refractivity contribution in [3.05, 3.63) is 59.1 Å². The van der Waals surface area contributed by atoms with Crippen LogP contribution >= 0.6 is 23.4 Å². The molecule has 6 heteroatoms. The fourth-order valence-electron chi connectivity index (χ4n) is 2.81. The number of rotatable bonds is 4. The number of hydrogen-bond acceptors (Lipinski definition) is 3. The quantitative estimate of drug-likeness (QED) is 0.826. The Morgan fingerprint density at radius 2 is 1.88 bits per heavy atom. The van der Waals surface area contributed by atoms with E-state index < -0.39 is 4.75 Å². The molecule has 1 aliphatic heterocycles. The number of hydrogen-bond donors (Lipinski definition) is 1. The zero-order valence-corrected chi connectivity index (χ0v) is 15.7. The molecule has 0 saturated carbocycles. The van der Waals surface area contributed by atoms with Gasteiger partial charge in [-0.3, -0.25) is 9.59 Å². The van der Waals surface area contributed by atoms with E-state index in [9.17, 15) is 9.59 Å². The van der Waals surface area contributed by atoms with Crippen molar-refractivity contribution >= 4 is 40.9 Å². The summed E-state index contributed by atoms with van der Waals surface area (Å²) in [4.78, 5) is 28.4. The first-order valence-electron chi connectivity index (χ1n) is 8.08. The van der Waals surface area contributed by atoms with Crippen molar-refractivity contribution in [2.45, 2.75) is 30.0 Å². The first-order chi connectivity index (χ1) is 12.0. The van der Waals surface area contributed by atoms with E-state index in [1.165, 1.54) is 11.8 Å². The number of nitrogens with zero attached hydrogens (tertiary/aromatic N) is 1. The number of carbonyl (C=O) groups excluding carboxylic acids is 2. The van der Waals surface area contributed by atoms with Crippen molar-refractivity contribution in [3.63, 3.8) is 0 Å². The van der Waals surface area contributed by atoms with E-state index in [0.29, 0.717) is 18.1 Å². The average Bonchev–Trinajstić information content (AvgIpc) is 2.62. The van der Waals surface area contributed by atoms with Crippen LogP contribution in [0.3, 0.4) is 0 Å². The summed E-state index contributed by atoms with van der Waals surface area (Å²) >= 11 is 7.18. The fraction of sp³-hybridized carbons (Fsp3) is 0.263. The first kappa shape index (κ1) is 17.8. The predicted octanol–water partition coefficient (Wildman–Crippen LogP) is 3.87. The Morgan fingerprint density at radius 3 is 2.56 bits per heavy atom. The smallest absolute Gasteiger partial charge is 0.252 e. The maximum absolute atomic E-state index is 13.0. The summed E-state index contributed by atoms with van der Waals surface area (Å²) in [7, 11) is 0. The molecule has 0 bridgehead atoms. The predicted molar refractivity (Wildman–Crippen MR) is 102 cm³/mol. The number of amides is 2. The van der Waals surface area contributed by atoms with Crippen LogP contribution in [0, 0.1) is 0 Å². The van der Waals surface area contributed by atoms with Crippen molar-refractivity contribution < 1.29 is 9.59 Å². The van der Waals surface area contributed by atoms with E-state index >= 15 is 0 Å². The molecule has 0 saturated heterocycles. The number of carbonyl (C=O) groups is 2. The summed E-state index contributed by atoms with van der Waals surface area (Å²) in [5.41, 5.74) is 1.80. The van der Waals surface area contributed by atoms with Crippen LogP contribution in [-0.2, 0) is 16.1 Å². The lowest BCUT2D eigenvalue weighted by atomic mass is 10.1. The Labute approximate surface area is 156 Å². The number of anilines is 1. The van der Waals surface area contributed by atoms with Crippen LogP contribution in [0.4, 0.5) is 5.69 Å². The second kappa shape index (κ2) is 7.10. The molecular weight excluding hydrogens is 356 g/mol. The van der Waals surface area contributed by atoms with Gasteiger partial charge in [-0.1, -0.05) is 47.6 Å². The highest BCUT2D eigenvalue weighted by Crippen LogP contribution is 2.45. The summed E-state index contributed by atoms with van der Waals surface area (Å²) < 4.78 is -1.18. The van der Waals surface area contributed by atoms with Gasteiger partial charge >= 0.3 is 0 Å². The maximum Gasteiger partial charge on any atom is 0.252 e. The standard InChI is InChI=1S/C19H19ClN2O2S/c1-3-22-15-6-4-5-7-16(15)25-19(2,18(22)24)17(23)21-12-13-8-10-14(20)11-9-13/h4-11H,3,12H2,1-2H3,(H,21,23). The topological polar surface area (TPSA) is 49.4 Å². The summed E-state index contributed by atoms with van der Waals surface area (Å²) in [5.74, 6) is -0.474. The molecule has 1 unspecified atom stereocenters. The van der Waals surface area contributed by atoms with Gasteiger partial charge in [-0.2, -0.15) is 0 Å². The zero-order valence-electron chi connectivity index (χ0n) is 14.1. The van der Waals surface area contributed by atoms with Crippen molar-refractivity contribution in [3.8, 4) is 0 Å². The molecule has 0 aliphatic carbocycles. The van der Waals surface area contributed by atoms with Gasteiger partial charge in [0, 0.05) is 23.0 Å². The minimum atomic E-state index is -1.18. The van der Waals surface area contributed by atoms with E-state index in [1.54, 1.807) is 24.0 Å². The minimum absolute atomic E-state index is 0.188. The molecule has 130 valence electrons. The van der Waals surface area contributed by atoms with E-state index in [4.69, 9.17) is 11.6 Å². The Morgan fingerprint density at radius 1 is 1.20 bits per heavy atom. The van der Waals surface area contributed by atoms with Crippen LogP contribution in [0.2, 0.25) is 5.02 Å². The van der Waals surface area contributed by atoms with Gasteiger partial charge in [0.05, 0.1) is 5.69 Å². The number of fused-ring (bicyclic) bond motifs is 1. The summed E-state index contributed by atoms with van der Waals surface area (Å²) in [6.45, 7) is 4.48. The number of halogens is 1. The Bertz CT molecular complexity index is 809. The normalized spacial score (nSPS) is 19.5. The third-order valence-corrected chi connectivity index (χ3v) is 5.82. The monoisotopic (exact) mass is 374 g/mol. The number of benzene rings is 2. The van der Waals surface area contributed by atoms with Gasteiger partial charge < -0.3 is 10.2 Å². The van der Waals surface area contributed by atoms with Crippen LogP contribution in [-0.4, -0.2) is 23.1 Å². The molecule has 2 aromatic rings. The van der Waals surface area contributed by atoms with Gasteiger partial charge in [0.1, 0.15) is 0 Å². The molecule has 0 aromatic heterocycles. The molecule has 1 heterocycles. The highest BCUT2D eigenvalue weighted by molar-refractivity contribution is 8.02. The Balaban J connectivity index is 1.81. The third-order valence-electron chi connectivity index (χ3n) is 4.24. The molecule has 4 nitrogen and oxygen atoms in total. The summed E-state index contributed by atoms with van der Waals surface area (Å²) in [5, 5.41) is 3.53. The van der Waals surface area contributed by atoms with Crippen LogP contribution < -0.4 is 10.2 Å². The van der Waals surface area contributed by atoms with Crippen molar-refractivity contribution in [1.29, 1.82) is 0 Å². The lowest BCUT2D eigenvalue weighted by Crippen LogP contribution is -2.56. The molecule has 3 rings (SSSR count). The van der Waals surface area contributed by atoms with Gasteiger partial charge in [-0.15, -0.1) is 0 Å². The van der Waals surface area contributed by atoms with Crippen molar-refractivity contribution in [1.82, 2.24) is 5.32 Å². The van der Waals surface area contributed by atoms with E-state index in [-0.39, 0.29) is 11.8 Å². The average molecular weight is 375 g/mol. The molecule has 0 spiro atoms. The molecule has 2 amide bonds. The van der Waals surface area contributed by atoms with Crippen molar-refractivity contribution in [2.24, 2.45) is 0 Å². The number of nitrogens with one attached hydrogen (secondary N) is 1.